The zero-order valence-corrected chi connectivity index (χ0v) is 14.6. The summed E-state index contributed by atoms with van der Waals surface area (Å²) in [5, 5.41) is 5.54. The molecule has 2 N–H and O–H groups in total. The molecule has 27 heavy (non-hydrogen) atoms. The smallest absolute Gasteiger partial charge is 0.262 e. The molecule has 7 heteroatoms. The second-order valence-corrected chi connectivity index (χ2v) is 6.54. The fourth-order valence-electron chi connectivity index (χ4n) is 3.37. The van der Waals surface area contributed by atoms with Crippen LogP contribution < -0.4 is 15.4 Å². The van der Waals surface area contributed by atoms with Crippen molar-refractivity contribution in [1.29, 1.82) is 0 Å². The van der Waals surface area contributed by atoms with Gasteiger partial charge < -0.3 is 20.3 Å². The van der Waals surface area contributed by atoms with E-state index in [0.29, 0.717) is 36.5 Å². The van der Waals surface area contributed by atoms with E-state index in [-0.39, 0.29) is 24.3 Å². The van der Waals surface area contributed by atoms with Crippen molar-refractivity contribution in [2.75, 3.05) is 25.0 Å². The Labute approximate surface area is 156 Å². The van der Waals surface area contributed by atoms with Crippen LogP contribution in [-0.4, -0.2) is 48.4 Å². The van der Waals surface area contributed by atoms with E-state index in [1.54, 1.807) is 23.1 Å². The Morgan fingerprint density at radius 2 is 1.96 bits per heavy atom. The van der Waals surface area contributed by atoms with Crippen molar-refractivity contribution in [2.24, 2.45) is 0 Å². The third-order valence-electron chi connectivity index (χ3n) is 4.72. The summed E-state index contributed by atoms with van der Waals surface area (Å²) < 4.78 is 5.40. The summed E-state index contributed by atoms with van der Waals surface area (Å²) in [6.07, 6.45) is 0.454. The number of fused-ring (bicyclic) bond motifs is 1. The minimum atomic E-state index is -0.565. The first-order valence-electron chi connectivity index (χ1n) is 8.81. The molecule has 1 saturated heterocycles. The van der Waals surface area contributed by atoms with Crippen molar-refractivity contribution in [2.45, 2.75) is 12.5 Å². The Bertz CT molecular complexity index is 897. The zero-order valence-electron chi connectivity index (χ0n) is 14.6. The van der Waals surface area contributed by atoms with Crippen molar-refractivity contribution in [1.82, 2.24) is 10.2 Å². The molecule has 2 heterocycles. The van der Waals surface area contributed by atoms with Crippen LogP contribution in [0, 0.1) is 0 Å². The Morgan fingerprint density at radius 3 is 2.78 bits per heavy atom. The van der Waals surface area contributed by atoms with E-state index in [2.05, 4.69) is 10.6 Å². The summed E-state index contributed by atoms with van der Waals surface area (Å²) in [5.74, 6) is -0.146. The second-order valence-electron chi connectivity index (χ2n) is 6.54. The van der Waals surface area contributed by atoms with Crippen molar-refractivity contribution in [3.05, 3.63) is 59.7 Å². The number of nitrogens with one attached hydrogen (secondary N) is 2. The molecule has 0 aliphatic carbocycles. The molecule has 7 nitrogen and oxygen atoms in total. The molecule has 1 fully saturated rings. The summed E-state index contributed by atoms with van der Waals surface area (Å²) in [6.45, 7) is 0.789. The Hall–Kier alpha value is -3.35. The van der Waals surface area contributed by atoms with Crippen LogP contribution in [0.4, 0.5) is 5.69 Å². The van der Waals surface area contributed by atoms with Crippen LogP contribution >= 0.6 is 0 Å². The fraction of sp³-hybridized carbons (Fsp3) is 0.250. The van der Waals surface area contributed by atoms with Crippen LogP contribution in [-0.2, 0) is 16.0 Å². The highest BCUT2D eigenvalue weighted by Crippen LogP contribution is 2.29. The largest absolute Gasteiger partial charge is 0.482 e. The van der Waals surface area contributed by atoms with Crippen LogP contribution in [0.5, 0.6) is 5.75 Å². The third-order valence-corrected chi connectivity index (χ3v) is 4.72. The first kappa shape index (κ1) is 17.1. The van der Waals surface area contributed by atoms with E-state index in [9.17, 15) is 14.4 Å². The van der Waals surface area contributed by atoms with E-state index in [0.717, 1.165) is 5.56 Å². The Kier molecular flexibility index (Phi) is 4.50. The number of benzene rings is 2. The van der Waals surface area contributed by atoms with E-state index < -0.39 is 6.04 Å². The number of carbonyl (C=O) groups is 3. The van der Waals surface area contributed by atoms with Crippen LogP contribution in [0.25, 0.3) is 0 Å². The number of amides is 3. The van der Waals surface area contributed by atoms with Gasteiger partial charge in [-0.05, 0) is 23.8 Å². The highest BCUT2D eigenvalue weighted by atomic mass is 16.5. The van der Waals surface area contributed by atoms with Crippen molar-refractivity contribution >= 4 is 23.4 Å². The van der Waals surface area contributed by atoms with Gasteiger partial charge in [0, 0.05) is 25.1 Å². The minimum Gasteiger partial charge on any atom is -0.482 e. The van der Waals surface area contributed by atoms with Gasteiger partial charge in [0.1, 0.15) is 11.8 Å². The van der Waals surface area contributed by atoms with Gasteiger partial charge in [0.05, 0.1) is 5.69 Å². The molecule has 2 aliphatic heterocycles. The van der Waals surface area contributed by atoms with Gasteiger partial charge in [0.2, 0.25) is 5.91 Å². The minimum absolute atomic E-state index is 0.0760. The molecule has 2 aliphatic rings. The quantitative estimate of drug-likeness (QED) is 0.856. The molecular formula is C20H19N3O4. The van der Waals surface area contributed by atoms with Gasteiger partial charge in [0.25, 0.3) is 11.8 Å². The van der Waals surface area contributed by atoms with Gasteiger partial charge in [-0.1, -0.05) is 30.3 Å². The number of piperazine rings is 1. The summed E-state index contributed by atoms with van der Waals surface area (Å²) in [6, 6.07) is 14.0. The molecule has 0 unspecified atom stereocenters. The predicted molar refractivity (Wildman–Crippen MR) is 98.5 cm³/mol. The molecule has 0 spiro atoms. The van der Waals surface area contributed by atoms with E-state index >= 15 is 0 Å². The topological polar surface area (TPSA) is 87.7 Å². The highest BCUT2D eigenvalue weighted by Gasteiger charge is 2.34. The van der Waals surface area contributed by atoms with Gasteiger partial charge in [-0.2, -0.15) is 0 Å². The average Bonchev–Trinajstić information content (AvgIpc) is 2.69. The van der Waals surface area contributed by atoms with Gasteiger partial charge in [-0.15, -0.1) is 0 Å². The Morgan fingerprint density at radius 1 is 1.15 bits per heavy atom. The molecule has 0 radical (unpaired) electrons. The first-order valence-corrected chi connectivity index (χ1v) is 8.81. The maximum Gasteiger partial charge on any atom is 0.262 e. The number of carbonyl (C=O) groups excluding carboxylic acids is 3. The maximum absolute atomic E-state index is 13.1. The average molecular weight is 365 g/mol. The summed E-state index contributed by atoms with van der Waals surface area (Å²) in [7, 11) is 0. The number of hydrogen-bond acceptors (Lipinski definition) is 4. The highest BCUT2D eigenvalue weighted by molar-refractivity contribution is 6.01. The SMILES string of the molecule is O=C1COc2cc(C(=O)N3CCNC(=O)[C@@H]3Cc3ccccc3)ccc2N1. The van der Waals surface area contributed by atoms with Crippen LogP contribution in [0.1, 0.15) is 15.9 Å². The van der Waals surface area contributed by atoms with Gasteiger partial charge in [0.15, 0.2) is 6.61 Å². The third kappa shape index (κ3) is 3.48. The summed E-state index contributed by atoms with van der Waals surface area (Å²) >= 11 is 0. The maximum atomic E-state index is 13.1. The lowest BCUT2D eigenvalue weighted by molar-refractivity contribution is -0.127. The van der Waals surface area contributed by atoms with Crippen molar-refractivity contribution in [3.8, 4) is 5.75 Å². The van der Waals surface area contributed by atoms with Crippen molar-refractivity contribution < 1.29 is 19.1 Å². The monoisotopic (exact) mass is 365 g/mol. The molecule has 4 rings (SSSR count). The lowest BCUT2D eigenvalue weighted by Gasteiger charge is -2.35. The molecule has 0 saturated carbocycles. The molecule has 138 valence electrons. The number of ether oxygens (including phenoxy) is 1. The molecule has 2 aromatic rings. The summed E-state index contributed by atoms with van der Waals surface area (Å²) in [4.78, 5) is 38.5. The summed E-state index contributed by atoms with van der Waals surface area (Å²) in [5.41, 5.74) is 1.96. The Balaban J connectivity index is 1.59. The normalized spacial score (nSPS) is 18.8. The van der Waals surface area contributed by atoms with Gasteiger partial charge in [-0.3, -0.25) is 14.4 Å². The lowest BCUT2D eigenvalue weighted by Crippen LogP contribution is -2.58. The molecular weight excluding hydrogens is 346 g/mol. The van der Waals surface area contributed by atoms with Crippen LogP contribution in [0.3, 0.4) is 0 Å². The number of anilines is 1. The molecule has 3 amide bonds. The van der Waals surface area contributed by atoms with Gasteiger partial charge >= 0.3 is 0 Å². The predicted octanol–water partition coefficient (Wildman–Crippen LogP) is 1.20. The second kappa shape index (κ2) is 7.11. The molecule has 0 aromatic heterocycles. The number of rotatable bonds is 3. The van der Waals surface area contributed by atoms with E-state index in [1.165, 1.54) is 0 Å². The molecule has 2 aromatic carbocycles. The van der Waals surface area contributed by atoms with Crippen molar-refractivity contribution in [3.63, 3.8) is 0 Å². The number of nitrogens with zero attached hydrogens (tertiary/aromatic N) is 1. The first-order chi connectivity index (χ1) is 13.1. The van der Waals surface area contributed by atoms with E-state index in [4.69, 9.17) is 4.74 Å². The van der Waals surface area contributed by atoms with E-state index in [1.807, 2.05) is 30.3 Å². The lowest BCUT2D eigenvalue weighted by atomic mass is 10.0. The van der Waals surface area contributed by atoms with Gasteiger partial charge in [-0.25, -0.2) is 0 Å². The number of hydrogen-bond donors (Lipinski definition) is 2. The molecule has 1 atom stereocenters. The fourth-order valence-corrected chi connectivity index (χ4v) is 3.37. The standard InChI is InChI=1S/C20H19N3O4/c24-18-12-27-17-11-14(6-7-15(17)22-18)20(26)23-9-8-21-19(25)16(23)10-13-4-2-1-3-5-13/h1-7,11,16H,8-10,12H2,(H,21,25)(H,22,24)/t16-/m0/s1. The van der Waals surface area contributed by atoms with Crippen LogP contribution in [0.2, 0.25) is 0 Å². The molecule has 0 bridgehead atoms. The zero-order chi connectivity index (χ0) is 18.8. The van der Waals surface area contributed by atoms with Crippen LogP contribution in [0.15, 0.2) is 48.5 Å².